The van der Waals surface area contributed by atoms with E-state index in [4.69, 9.17) is 16.3 Å². The molecule has 0 aromatic heterocycles. The molecule has 2 heterocycles. The van der Waals surface area contributed by atoms with Gasteiger partial charge in [0.25, 0.3) is 5.91 Å². The van der Waals surface area contributed by atoms with E-state index in [1.165, 1.54) is 0 Å². The highest BCUT2D eigenvalue weighted by atomic mass is 35.5. The van der Waals surface area contributed by atoms with Crippen LogP contribution in [0.5, 0.6) is 0 Å². The van der Waals surface area contributed by atoms with Gasteiger partial charge in [0.2, 0.25) is 5.91 Å². The van der Waals surface area contributed by atoms with E-state index >= 15 is 0 Å². The van der Waals surface area contributed by atoms with Gasteiger partial charge in [-0.25, -0.2) is 0 Å². The SMILES string of the molecule is Cl.O=C(CC1COCCN1)N1CCCN(C(=O)c2cccc(Cl)c2)CC1. The molecule has 3 rings (SSSR count). The summed E-state index contributed by atoms with van der Waals surface area (Å²) in [5, 5.41) is 3.86. The van der Waals surface area contributed by atoms with E-state index < -0.39 is 0 Å². The summed E-state index contributed by atoms with van der Waals surface area (Å²) in [7, 11) is 0. The Morgan fingerprint density at radius 1 is 1.19 bits per heavy atom. The van der Waals surface area contributed by atoms with Crippen LogP contribution < -0.4 is 5.32 Å². The lowest BCUT2D eigenvalue weighted by molar-refractivity contribution is -0.132. The van der Waals surface area contributed by atoms with Gasteiger partial charge in [-0.3, -0.25) is 9.59 Å². The predicted molar refractivity (Wildman–Crippen MR) is 103 cm³/mol. The number of nitrogens with one attached hydrogen (secondary N) is 1. The predicted octanol–water partition coefficient (Wildman–Crippen LogP) is 1.81. The quantitative estimate of drug-likeness (QED) is 0.838. The van der Waals surface area contributed by atoms with E-state index in [9.17, 15) is 9.59 Å². The molecule has 2 amide bonds. The van der Waals surface area contributed by atoms with Crippen molar-refractivity contribution in [3.8, 4) is 0 Å². The molecule has 2 aliphatic heterocycles. The second-order valence-corrected chi connectivity index (χ2v) is 6.90. The largest absolute Gasteiger partial charge is 0.378 e. The first-order chi connectivity index (χ1) is 12.1. The van der Waals surface area contributed by atoms with Gasteiger partial charge in [0.1, 0.15) is 0 Å². The molecule has 0 spiro atoms. The lowest BCUT2D eigenvalue weighted by Gasteiger charge is -2.27. The Morgan fingerprint density at radius 2 is 1.96 bits per heavy atom. The van der Waals surface area contributed by atoms with Gasteiger partial charge < -0.3 is 19.9 Å². The van der Waals surface area contributed by atoms with E-state index in [-0.39, 0.29) is 30.3 Å². The van der Waals surface area contributed by atoms with Crippen LogP contribution in [0.3, 0.4) is 0 Å². The van der Waals surface area contributed by atoms with Crippen LogP contribution in [0.25, 0.3) is 0 Å². The normalized spacial score (nSPS) is 20.9. The Labute approximate surface area is 165 Å². The van der Waals surface area contributed by atoms with E-state index in [2.05, 4.69) is 5.32 Å². The molecule has 1 aromatic rings. The Bertz CT molecular complexity index is 623. The number of rotatable bonds is 3. The molecule has 26 heavy (non-hydrogen) atoms. The number of carbonyl (C=O) groups excluding carboxylic acids is 2. The molecule has 1 aromatic carbocycles. The van der Waals surface area contributed by atoms with Gasteiger partial charge in [-0.15, -0.1) is 12.4 Å². The van der Waals surface area contributed by atoms with Crippen LogP contribution in [0.4, 0.5) is 0 Å². The van der Waals surface area contributed by atoms with Gasteiger partial charge >= 0.3 is 0 Å². The second-order valence-electron chi connectivity index (χ2n) is 6.47. The number of nitrogens with zero attached hydrogens (tertiary/aromatic N) is 2. The van der Waals surface area contributed by atoms with Crippen molar-refractivity contribution >= 4 is 35.8 Å². The first-order valence-electron chi connectivity index (χ1n) is 8.77. The molecule has 0 saturated carbocycles. The van der Waals surface area contributed by atoms with Gasteiger partial charge in [0.15, 0.2) is 0 Å². The summed E-state index contributed by atoms with van der Waals surface area (Å²) in [5.41, 5.74) is 0.593. The van der Waals surface area contributed by atoms with Gasteiger partial charge in [-0.2, -0.15) is 0 Å². The number of halogens is 2. The molecule has 144 valence electrons. The second kappa shape index (κ2) is 10.1. The van der Waals surface area contributed by atoms with Crippen molar-refractivity contribution in [1.29, 1.82) is 0 Å². The Balaban J connectivity index is 0.00000243. The fraction of sp³-hybridized carbons (Fsp3) is 0.556. The average molecular weight is 402 g/mol. The maximum atomic E-state index is 12.6. The van der Waals surface area contributed by atoms with E-state index in [1.807, 2.05) is 4.90 Å². The molecule has 0 radical (unpaired) electrons. The van der Waals surface area contributed by atoms with Gasteiger partial charge in [0.05, 0.1) is 13.2 Å². The van der Waals surface area contributed by atoms with Gasteiger partial charge in [-0.1, -0.05) is 17.7 Å². The highest BCUT2D eigenvalue weighted by molar-refractivity contribution is 6.30. The fourth-order valence-corrected chi connectivity index (χ4v) is 3.46. The molecule has 0 bridgehead atoms. The van der Waals surface area contributed by atoms with Crippen LogP contribution in [0.15, 0.2) is 24.3 Å². The summed E-state index contributed by atoms with van der Waals surface area (Å²) >= 11 is 5.98. The van der Waals surface area contributed by atoms with Crippen LogP contribution in [0.1, 0.15) is 23.2 Å². The zero-order valence-electron chi connectivity index (χ0n) is 14.7. The smallest absolute Gasteiger partial charge is 0.253 e. The Morgan fingerprint density at radius 3 is 2.69 bits per heavy atom. The first-order valence-corrected chi connectivity index (χ1v) is 9.15. The molecule has 2 saturated heterocycles. The third-order valence-corrected chi connectivity index (χ3v) is 4.86. The van der Waals surface area contributed by atoms with Crippen molar-refractivity contribution in [3.63, 3.8) is 0 Å². The molecule has 1 N–H and O–H groups in total. The van der Waals surface area contributed by atoms with Crippen LogP contribution in [0.2, 0.25) is 5.02 Å². The summed E-state index contributed by atoms with van der Waals surface area (Å²) < 4.78 is 5.41. The summed E-state index contributed by atoms with van der Waals surface area (Å²) in [5.74, 6) is 0.0965. The number of ether oxygens (including phenoxy) is 1. The van der Waals surface area contributed by atoms with Crippen LogP contribution >= 0.6 is 24.0 Å². The molecule has 2 aliphatic rings. The van der Waals surface area contributed by atoms with Crippen molar-refractivity contribution in [2.75, 3.05) is 45.9 Å². The fourth-order valence-electron chi connectivity index (χ4n) is 3.26. The number of amides is 2. The summed E-state index contributed by atoms with van der Waals surface area (Å²) in [6.07, 6.45) is 1.23. The number of benzene rings is 1. The average Bonchev–Trinajstić information content (AvgIpc) is 2.88. The Hall–Kier alpha value is -1.34. The molecule has 1 unspecified atom stereocenters. The van der Waals surface area contributed by atoms with Crippen molar-refractivity contribution in [1.82, 2.24) is 15.1 Å². The molecule has 1 atom stereocenters. The zero-order chi connectivity index (χ0) is 17.6. The number of carbonyl (C=O) groups is 2. The summed E-state index contributed by atoms with van der Waals surface area (Å²) in [4.78, 5) is 28.8. The van der Waals surface area contributed by atoms with Crippen LogP contribution in [0, 0.1) is 0 Å². The zero-order valence-corrected chi connectivity index (χ0v) is 16.2. The lowest BCUT2D eigenvalue weighted by atomic mass is 10.1. The molecular formula is C18H25Cl2N3O3. The topological polar surface area (TPSA) is 61.9 Å². The lowest BCUT2D eigenvalue weighted by Crippen LogP contribution is -2.45. The summed E-state index contributed by atoms with van der Waals surface area (Å²) in [6, 6.07) is 7.09. The third kappa shape index (κ3) is 5.58. The Kier molecular flexibility index (Phi) is 8.15. The maximum absolute atomic E-state index is 12.6. The van der Waals surface area contributed by atoms with Gasteiger partial charge in [0, 0.05) is 55.8 Å². The van der Waals surface area contributed by atoms with Crippen molar-refractivity contribution < 1.29 is 14.3 Å². The van der Waals surface area contributed by atoms with E-state index in [0.29, 0.717) is 56.4 Å². The third-order valence-electron chi connectivity index (χ3n) is 4.63. The van der Waals surface area contributed by atoms with Crippen molar-refractivity contribution in [2.24, 2.45) is 0 Å². The highest BCUT2D eigenvalue weighted by Gasteiger charge is 2.25. The van der Waals surface area contributed by atoms with E-state index in [0.717, 1.165) is 13.0 Å². The molecule has 0 aliphatic carbocycles. The highest BCUT2D eigenvalue weighted by Crippen LogP contribution is 2.15. The van der Waals surface area contributed by atoms with Crippen LogP contribution in [-0.4, -0.2) is 73.6 Å². The minimum absolute atomic E-state index is 0. The summed E-state index contributed by atoms with van der Waals surface area (Å²) in [6.45, 7) is 4.53. The molecule has 8 heteroatoms. The number of hydrogen-bond acceptors (Lipinski definition) is 4. The first kappa shape index (κ1) is 21.0. The monoisotopic (exact) mass is 401 g/mol. The standard InChI is InChI=1S/C18H24ClN3O3.ClH/c19-15-4-1-3-14(11-15)18(24)22-7-2-6-21(8-9-22)17(23)12-16-13-25-10-5-20-16;/h1,3-4,11,16,20H,2,5-10,12-13H2;1H. The minimum atomic E-state index is -0.0286. The minimum Gasteiger partial charge on any atom is -0.378 e. The van der Waals surface area contributed by atoms with Crippen molar-refractivity contribution in [2.45, 2.75) is 18.9 Å². The number of morpholine rings is 1. The molecule has 2 fully saturated rings. The van der Waals surface area contributed by atoms with Gasteiger partial charge in [-0.05, 0) is 24.6 Å². The van der Waals surface area contributed by atoms with E-state index in [1.54, 1.807) is 29.2 Å². The van der Waals surface area contributed by atoms with Crippen LogP contribution in [-0.2, 0) is 9.53 Å². The van der Waals surface area contributed by atoms with Crippen molar-refractivity contribution in [3.05, 3.63) is 34.9 Å². The molecular weight excluding hydrogens is 377 g/mol. The number of hydrogen-bond donors (Lipinski definition) is 1. The molecule has 6 nitrogen and oxygen atoms in total. The maximum Gasteiger partial charge on any atom is 0.253 e.